The average Bonchev–Trinajstić information content (AvgIpc) is 3.17. The van der Waals surface area contributed by atoms with Crippen LogP contribution in [0.25, 0.3) is 0 Å². The molecule has 0 radical (unpaired) electrons. The Bertz CT molecular complexity index is 1400. The Morgan fingerprint density at radius 3 is 1.53 bits per heavy atom. The SMILES string of the molecule is CC(=O)Nc1ccc(NC(=O)CCN2C(=O)[C@@H]3[C@H](C2=O)C2(Cl)c4ccccc4C3(Cl)c3ccccc32)cc1. The van der Waals surface area contributed by atoms with E-state index in [0.29, 0.717) is 11.4 Å². The number of benzene rings is 3. The molecule has 38 heavy (non-hydrogen) atoms. The van der Waals surface area contributed by atoms with Crippen molar-refractivity contribution in [1.82, 2.24) is 4.90 Å². The molecule has 1 saturated heterocycles. The molecule has 4 amide bonds. The van der Waals surface area contributed by atoms with E-state index in [9.17, 15) is 19.2 Å². The van der Waals surface area contributed by atoms with Crippen LogP contribution in [0.2, 0.25) is 0 Å². The Labute approximate surface area is 229 Å². The molecule has 1 aliphatic heterocycles. The highest BCUT2D eigenvalue weighted by Crippen LogP contribution is 2.69. The van der Waals surface area contributed by atoms with Gasteiger partial charge in [0.1, 0.15) is 9.75 Å². The number of imide groups is 1. The van der Waals surface area contributed by atoms with Crippen molar-refractivity contribution in [3.63, 3.8) is 0 Å². The van der Waals surface area contributed by atoms with Crippen molar-refractivity contribution >= 4 is 58.2 Å². The number of rotatable bonds is 5. The summed E-state index contributed by atoms with van der Waals surface area (Å²) in [5, 5.41) is 5.42. The van der Waals surface area contributed by atoms with Gasteiger partial charge < -0.3 is 10.6 Å². The monoisotopic (exact) mass is 547 g/mol. The molecule has 0 spiro atoms. The summed E-state index contributed by atoms with van der Waals surface area (Å²) in [6.45, 7) is 1.32. The molecule has 9 heteroatoms. The van der Waals surface area contributed by atoms with E-state index in [1.165, 1.54) is 6.92 Å². The maximum Gasteiger partial charge on any atom is 0.235 e. The molecule has 2 bridgehead atoms. The normalized spacial score (nSPS) is 26.4. The van der Waals surface area contributed by atoms with Gasteiger partial charge in [-0.15, -0.1) is 23.2 Å². The summed E-state index contributed by atoms with van der Waals surface area (Å²) < 4.78 is 0. The molecule has 3 aromatic rings. The summed E-state index contributed by atoms with van der Waals surface area (Å²) in [5.41, 5.74) is 4.08. The van der Waals surface area contributed by atoms with E-state index >= 15 is 0 Å². The molecule has 192 valence electrons. The van der Waals surface area contributed by atoms with Gasteiger partial charge in [-0.25, -0.2) is 0 Å². The van der Waals surface area contributed by atoms with Crippen LogP contribution in [-0.2, 0) is 28.9 Å². The topological polar surface area (TPSA) is 95.6 Å². The summed E-state index contributed by atoms with van der Waals surface area (Å²) in [4.78, 5) is 50.1. The molecule has 1 heterocycles. The Hall–Kier alpha value is -3.68. The number of hydrogen-bond donors (Lipinski definition) is 2. The van der Waals surface area contributed by atoms with E-state index in [1.807, 2.05) is 48.5 Å². The lowest BCUT2D eigenvalue weighted by Crippen LogP contribution is -2.57. The maximum atomic E-state index is 13.8. The summed E-state index contributed by atoms with van der Waals surface area (Å²) in [6, 6.07) is 21.6. The van der Waals surface area contributed by atoms with E-state index in [1.54, 1.807) is 24.3 Å². The van der Waals surface area contributed by atoms with E-state index in [4.69, 9.17) is 23.2 Å². The molecule has 2 N–H and O–H groups in total. The number of nitrogens with one attached hydrogen (secondary N) is 2. The van der Waals surface area contributed by atoms with Gasteiger partial charge in [0.05, 0.1) is 11.8 Å². The number of likely N-dealkylation sites (tertiary alicyclic amines) is 1. The van der Waals surface area contributed by atoms with Crippen LogP contribution in [0.15, 0.2) is 72.8 Å². The van der Waals surface area contributed by atoms with Crippen molar-refractivity contribution < 1.29 is 19.2 Å². The van der Waals surface area contributed by atoms with Crippen molar-refractivity contribution in [1.29, 1.82) is 0 Å². The fourth-order valence-electron chi connectivity index (χ4n) is 6.22. The van der Waals surface area contributed by atoms with Gasteiger partial charge in [-0.2, -0.15) is 0 Å². The zero-order valence-electron chi connectivity index (χ0n) is 20.3. The number of halogens is 2. The largest absolute Gasteiger partial charge is 0.326 e. The number of nitrogens with zero attached hydrogens (tertiary/aromatic N) is 1. The molecule has 1 fully saturated rings. The van der Waals surface area contributed by atoms with Crippen molar-refractivity contribution in [2.24, 2.45) is 11.8 Å². The summed E-state index contributed by atoms with van der Waals surface area (Å²) >= 11 is 14.8. The zero-order chi connectivity index (χ0) is 26.8. The predicted molar refractivity (Wildman–Crippen MR) is 144 cm³/mol. The predicted octanol–water partition coefficient (Wildman–Crippen LogP) is 4.57. The first-order chi connectivity index (χ1) is 18.2. The molecular weight excluding hydrogens is 525 g/mol. The number of carbonyl (C=O) groups is 4. The van der Waals surface area contributed by atoms with Gasteiger partial charge in [0, 0.05) is 31.3 Å². The quantitative estimate of drug-likeness (QED) is 0.361. The summed E-state index contributed by atoms with van der Waals surface area (Å²) in [7, 11) is 0. The van der Waals surface area contributed by atoms with Gasteiger partial charge in [0.25, 0.3) is 0 Å². The van der Waals surface area contributed by atoms with Gasteiger partial charge in [0.2, 0.25) is 23.6 Å². The van der Waals surface area contributed by atoms with E-state index < -0.39 is 33.4 Å². The highest BCUT2D eigenvalue weighted by molar-refractivity contribution is 6.36. The minimum absolute atomic E-state index is 0.0885. The van der Waals surface area contributed by atoms with Gasteiger partial charge in [-0.1, -0.05) is 48.5 Å². The molecule has 4 aliphatic rings. The molecule has 2 atom stereocenters. The average molecular weight is 548 g/mol. The standard InChI is InChI=1S/C29H23Cl2N3O4/c1-16(35)32-17-10-12-18(13-11-17)33-23(36)14-15-34-26(37)24-25(27(34)38)29(31)20-7-3-2-6-19(20)28(24,30)21-8-4-5-9-22(21)29/h2-13,24-25H,14-15H2,1H3,(H,32,35)(H,33,36)/t24-,25+,28?,29?. The lowest BCUT2D eigenvalue weighted by atomic mass is 9.54. The smallest absolute Gasteiger partial charge is 0.235 e. The lowest BCUT2D eigenvalue weighted by molar-refractivity contribution is -0.140. The Kier molecular flexibility index (Phi) is 5.63. The highest BCUT2D eigenvalue weighted by atomic mass is 35.5. The number of hydrogen-bond acceptors (Lipinski definition) is 4. The van der Waals surface area contributed by atoms with Crippen LogP contribution in [0.3, 0.4) is 0 Å². The van der Waals surface area contributed by atoms with E-state index in [2.05, 4.69) is 10.6 Å². The molecule has 7 rings (SSSR count). The maximum absolute atomic E-state index is 13.8. The molecule has 0 aromatic heterocycles. The van der Waals surface area contributed by atoms with Crippen molar-refractivity contribution in [2.45, 2.75) is 23.1 Å². The zero-order valence-corrected chi connectivity index (χ0v) is 21.8. The number of alkyl halides is 2. The second kappa shape index (κ2) is 8.68. The fraction of sp³-hybridized carbons (Fsp3) is 0.241. The van der Waals surface area contributed by atoms with Gasteiger partial charge in [0.15, 0.2) is 0 Å². The van der Waals surface area contributed by atoms with Crippen LogP contribution < -0.4 is 10.6 Å². The van der Waals surface area contributed by atoms with Crippen LogP contribution in [0.5, 0.6) is 0 Å². The van der Waals surface area contributed by atoms with Crippen molar-refractivity contribution in [3.05, 3.63) is 95.1 Å². The number of amides is 4. The minimum atomic E-state index is -1.24. The van der Waals surface area contributed by atoms with Gasteiger partial charge >= 0.3 is 0 Å². The van der Waals surface area contributed by atoms with Crippen molar-refractivity contribution in [3.8, 4) is 0 Å². The number of anilines is 2. The van der Waals surface area contributed by atoms with Crippen LogP contribution >= 0.6 is 23.2 Å². The molecule has 0 saturated carbocycles. The van der Waals surface area contributed by atoms with Crippen LogP contribution in [-0.4, -0.2) is 35.1 Å². The molecule has 3 aromatic carbocycles. The summed E-state index contributed by atoms with van der Waals surface area (Å²) in [6.07, 6.45) is -0.0885. The second-order valence-corrected chi connectivity index (χ2v) is 11.0. The first-order valence-corrected chi connectivity index (χ1v) is 13.0. The van der Waals surface area contributed by atoms with E-state index in [-0.39, 0.29) is 24.8 Å². The third-order valence-electron chi connectivity index (χ3n) is 7.73. The molecular formula is C29H23Cl2N3O4. The Balaban J connectivity index is 1.26. The van der Waals surface area contributed by atoms with Crippen LogP contribution in [0, 0.1) is 11.8 Å². The lowest BCUT2D eigenvalue weighted by Gasteiger charge is -2.54. The van der Waals surface area contributed by atoms with Gasteiger partial charge in [-0.05, 0) is 46.5 Å². The van der Waals surface area contributed by atoms with Gasteiger partial charge in [-0.3, -0.25) is 24.1 Å². The minimum Gasteiger partial charge on any atom is -0.326 e. The second-order valence-electron chi connectivity index (χ2n) is 9.85. The van der Waals surface area contributed by atoms with Crippen LogP contribution in [0.1, 0.15) is 35.6 Å². The number of carbonyl (C=O) groups excluding carboxylic acids is 4. The first kappa shape index (κ1) is 24.6. The summed E-state index contributed by atoms with van der Waals surface area (Å²) in [5.74, 6) is -3.16. The molecule has 7 nitrogen and oxygen atoms in total. The third kappa shape index (κ3) is 3.35. The fourth-order valence-corrected chi connectivity index (χ4v) is 7.32. The first-order valence-electron chi connectivity index (χ1n) is 12.3. The highest BCUT2D eigenvalue weighted by Gasteiger charge is 2.72. The van der Waals surface area contributed by atoms with Crippen LogP contribution in [0.4, 0.5) is 11.4 Å². The Morgan fingerprint density at radius 1 is 0.737 bits per heavy atom. The Morgan fingerprint density at radius 2 is 1.13 bits per heavy atom. The molecule has 0 unspecified atom stereocenters. The molecule has 3 aliphatic carbocycles. The third-order valence-corrected chi connectivity index (χ3v) is 9.01. The van der Waals surface area contributed by atoms with E-state index in [0.717, 1.165) is 27.2 Å². The van der Waals surface area contributed by atoms with Crippen molar-refractivity contribution in [2.75, 3.05) is 17.2 Å².